The Hall–Kier alpha value is -2.40. The van der Waals surface area contributed by atoms with Crippen molar-refractivity contribution in [2.75, 3.05) is 62.8 Å². The summed E-state index contributed by atoms with van der Waals surface area (Å²) in [5, 5.41) is 2.80. The van der Waals surface area contributed by atoms with Crippen molar-refractivity contribution in [2.45, 2.75) is 4.90 Å². The van der Waals surface area contributed by atoms with Crippen LogP contribution < -0.4 is 10.2 Å². The summed E-state index contributed by atoms with van der Waals surface area (Å²) in [6.07, 6.45) is 1.41. The number of ether oxygens (including phenoxy) is 2. The van der Waals surface area contributed by atoms with Gasteiger partial charge in [0, 0.05) is 26.2 Å². The second kappa shape index (κ2) is 8.54. The first-order valence-electron chi connectivity index (χ1n) is 9.45. The number of morpholine rings is 2. The lowest BCUT2D eigenvalue weighted by molar-refractivity contribution is 0.0730. The molecule has 2 aliphatic heterocycles. The predicted molar refractivity (Wildman–Crippen MR) is 106 cm³/mol. The lowest BCUT2D eigenvalue weighted by Crippen LogP contribution is -2.40. The van der Waals surface area contributed by atoms with E-state index in [0.29, 0.717) is 58.3 Å². The molecule has 4 rings (SSSR count). The summed E-state index contributed by atoms with van der Waals surface area (Å²) >= 11 is 0. The molecular formula is C19H23N3O6S. The minimum Gasteiger partial charge on any atom is -0.459 e. The van der Waals surface area contributed by atoms with Gasteiger partial charge in [-0.1, -0.05) is 0 Å². The van der Waals surface area contributed by atoms with Gasteiger partial charge >= 0.3 is 0 Å². The molecule has 0 saturated carbocycles. The quantitative estimate of drug-likeness (QED) is 0.778. The van der Waals surface area contributed by atoms with E-state index < -0.39 is 15.9 Å². The molecule has 0 unspecified atom stereocenters. The third-order valence-corrected chi connectivity index (χ3v) is 6.82. The minimum absolute atomic E-state index is 0.131. The first-order chi connectivity index (χ1) is 14.1. The van der Waals surface area contributed by atoms with E-state index in [9.17, 15) is 13.2 Å². The van der Waals surface area contributed by atoms with Gasteiger partial charge in [-0.15, -0.1) is 0 Å². The molecule has 2 fully saturated rings. The fourth-order valence-electron chi connectivity index (χ4n) is 3.38. The van der Waals surface area contributed by atoms with E-state index in [1.165, 1.54) is 16.6 Å². The van der Waals surface area contributed by atoms with Crippen molar-refractivity contribution in [2.24, 2.45) is 0 Å². The number of nitrogens with zero attached hydrogens (tertiary/aromatic N) is 2. The molecule has 2 aliphatic rings. The smallest absolute Gasteiger partial charge is 0.291 e. The minimum atomic E-state index is -3.69. The Labute approximate surface area is 169 Å². The fraction of sp³-hybridized carbons (Fsp3) is 0.421. The maximum Gasteiger partial charge on any atom is 0.291 e. The van der Waals surface area contributed by atoms with E-state index in [1.807, 2.05) is 0 Å². The number of nitrogens with one attached hydrogen (secondary N) is 1. The van der Waals surface area contributed by atoms with Crippen LogP contribution in [0.3, 0.4) is 0 Å². The van der Waals surface area contributed by atoms with Gasteiger partial charge in [0.1, 0.15) is 0 Å². The lowest BCUT2D eigenvalue weighted by Gasteiger charge is -2.31. The zero-order valence-corrected chi connectivity index (χ0v) is 16.7. The zero-order chi connectivity index (χ0) is 20.3. The van der Waals surface area contributed by atoms with Gasteiger partial charge in [-0.05, 0) is 30.3 Å². The van der Waals surface area contributed by atoms with E-state index in [4.69, 9.17) is 13.9 Å². The van der Waals surface area contributed by atoms with Gasteiger partial charge in [0.2, 0.25) is 10.0 Å². The van der Waals surface area contributed by atoms with Crippen molar-refractivity contribution in [3.63, 3.8) is 0 Å². The number of anilines is 2. The summed E-state index contributed by atoms with van der Waals surface area (Å²) in [6, 6.07) is 8.00. The monoisotopic (exact) mass is 421 g/mol. The second-order valence-corrected chi connectivity index (χ2v) is 8.66. The van der Waals surface area contributed by atoms with Crippen molar-refractivity contribution in [3.8, 4) is 0 Å². The molecule has 29 heavy (non-hydrogen) atoms. The molecule has 0 radical (unpaired) electrons. The van der Waals surface area contributed by atoms with Gasteiger partial charge < -0.3 is 24.1 Å². The van der Waals surface area contributed by atoms with Gasteiger partial charge in [-0.25, -0.2) is 8.42 Å². The molecule has 1 amide bonds. The van der Waals surface area contributed by atoms with Crippen LogP contribution in [0.15, 0.2) is 45.9 Å². The molecule has 1 N–H and O–H groups in total. The first-order valence-corrected chi connectivity index (χ1v) is 10.9. The average molecular weight is 421 g/mol. The van der Waals surface area contributed by atoms with Gasteiger partial charge in [-0.2, -0.15) is 4.31 Å². The average Bonchev–Trinajstić information content (AvgIpc) is 3.30. The van der Waals surface area contributed by atoms with Crippen molar-refractivity contribution in [1.82, 2.24) is 4.31 Å². The highest BCUT2D eigenvalue weighted by molar-refractivity contribution is 7.89. The van der Waals surface area contributed by atoms with Crippen LogP contribution in [0, 0.1) is 0 Å². The molecule has 2 aromatic rings. The number of hydrogen-bond acceptors (Lipinski definition) is 7. The van der Waals surface area contributed by atoms with Crippen LogP contribution in [-0.2, 0) is 19.5 Å². The zero-order valence-electron chi connectivity index (χ0n) is 15.9. The van der Waals surface area contributed by atoms with Crippen LogP contribution in [0.4, 0.5) is 11.4 Å². The normalized spacial score (nSPS) is 18.6. The summed E-state index contributed by atoms with van der Waals surface area (Å²) < 4.78 is 43.3. The first kappa shape index (κ1) is 19.9. The van der Waals surface area contributed by atoms with Crippen LogP contribution in [-0.4, -0.2) is 71.2 Å². The molecule has 1 aromatic heterocycles. The molecule has 9 nitrogen and oxygen atoms in total. The molecule has 0 atom stereocenters. The van der Waals surface area contributed by atoms with Crippen LogP contribution >= 0.6 is 0 Å². The highest BCUT2D eigenvalue weighted by Gasteiger charge is 2.28. The van der Waals surface area contributed by atoms with Crippen LogP contribution in [0.1, 0.15) is 10.6 Å². The largest absolute Gasteiger partial charge is 0.459 e. The molecule has 0 bridgehead atoms. The number of sulfonamides is 1. The van der Waals surface area contributed by atoms with E-state index in [-0.39, 0.29) is 10.7 Å². The Morgan fingerprint density at radius 1 is 0.966 bits per heavy atom. The number of carbonyl (C=O) groups is 1. The predicted octanol–water partition coefficient (Wildman–Crippen LogP) is 1.39. The molecule has 156 valence electrons. The SMILES string of the molecule is O=C(Nc1cc(S(=O)(=O)N2CCOCC2)ccc1N1CCOCC1)c1ccco1. The molecule has 1 aromatic carbocycles. The van der Waals surface area contributed by atoms with Crippen LogP contribution in [0.25, 0.3) is 0 Å². The topological polar surface area (TPSA) is 101 Å². The van der Waals surface area contributed by atoms with E-state index in [1.54, 1.807) is 24.3 Å². The van der Waals surface area contributed by atoms with Crippen LogP contribution in [0.5, 0.6) is 0 Å². The molecule has 10 heteroatoms. The Kier molecular flexibility index (Phi) is 5.86. The summed E-state index contributed by atoms with van der Waals surface area (Å²) in [6.45, 7) is 3.79. The number of carbonyl (C=O) groups excluding carboxylic acids is 1. The number of amides is 1. The number of benzene rings is 1. The second-order valence-electron chi connectivity index (χ2n) is 6.73. The van der Waals surface area contributed by atoms with Gasteiger partial charge in [0.25, 0.3) is 5.91 Å². The highest BCUT2D eigenvalue weighted by atomic mass is 32.2. The standard InChI is InChI=1S/C19H23N3O6S/c23-19(18-2-1-9-28-18)20-16-14-15(29(24,25)22-7-12-27-13-8-22)3-4-17(16)21-5-10-26-11-6-21/h1-4,9,14H,5-8,10-13H2,(H,20,23). The van der Waals surface area contributed by atoms with Crippen molar-refractivity contribution in [3.05, 3.63) is 42.4 Å². The maximum atomic E-state index is 13.0. The summed E-state index contributed by atoms with van der Waals surface area (Å²) in [7, 11) is -3.69. The van der Waals surface area contributed by atoms with E-state index in [2.05, 4.69) is 10.2 Å². The van der Waals surface area contributed by atoms with Gasteiger partial charge in [0.15, 0.2) is 5.76 Å². The summed E-state index contributed by atoms with van der Waals surface area (Å²) in [5.41, 5.74) is 1.16. The van der Waals surface area contributed by atoms with Gasteiger partial charge in [0.05, 0.1) is 49.0 Å². The third kappa shape index (κ3) is 4.30. The number of hydrogen-bond donors (Lipinski definition) is 1. The van der Waals surface area contributed by atoms with Gasteiger partial charge in [-0.3, -0.25) is 4.79 Å². The molecular weight excluding hydrogens is 398 g/mol. The molecule has 3 heterocycles. The Morgan fingerprint density at radius 3 is 2.31 bits per heavy atom. The summed E-state index contributed by atoms with van der Waals surface area (Å²) in [5.74, 6) is -0.287. The van der Waals surface area contributed by atoms with E-state index >= 15 is 0 Å². The van der Waals surface area contributed by atoms with Crippen molar-refractivity contribution >= 4 is 27.3 Å². The van der Waals surface area contributed by atoms with Crippen LogP contribution in [0.2, 0.25) is 0 Å². The number of furan rings is 1. The Balaban J connectivity index is 1.68. The molecule has 2 saturated heterocycles. The summed E-state index contributed by atoms with van der Waals surface area (Å²) in [4.78, 5) is 14.7. The Bertz CT molecular complexity index is 948. The van der Waals surface area contributed by atoms with Crippen molar-refractivity contribution < 1.29 is 27.1 Å². The highest BCUT2D eigenvalue weighted by Crippen LogP contribution is 2.31. The third-order valence-electron chi connectivity index (χ3n) is 4.92. The number of rotatable bonds is 5. The Morgan fingerprint density at radius 2 is 1.66 bits per heavy atom. The lowest BCUT2D eigenvalue weighted by atomic mass is 10.2. The fourth-order valence-corrected chi connectivity index (χ4v) is 4.82. The molecule has 0 spiro atoms. The van der Waals surface area contributed by atoms with Crippen molar-refractivity contribution in [1.29, 1.82) is 0 Å². The molecule has 0 aliphatic carbocycles. The van der Waals surface area contributed by atoms with E-state index in [0.717, 1.165) is 5.69 Å². The maximum absolute atomic E-state index is 13.0.